The zero-order chi connectivity index (χ0) is 11.6. The lowest BCUT2D eigenvalue weighted by atomic mass is 10.2. The third-order valence-electron chi connectivity index (χ3n) is 2.73. The fraction of sp³-hybridized carbons (Fsp3) is 0.333. The van der Waals surface area contributed by atoms with Crippen LogP contribution in [0.3, 0.4) is 0 Å². The number of rotatable bonds is 2. The van der Waals surface area contributed by atoms with Gasteiger partial charge in [-0.15, -0.1) is 0 Å². The molecular weight excluding hydrogens is 222 g/mol. The Morgan fingerprint density at radius 1 is 1.19 bits per heavy atom. The van der Waals surface area contributed by atoms with Crippen LogP contribution in [0.4, 0.5) is 0 Å². The molecule has 0 fully saturated rings. The molecule has 0 bridgehead atoms. The summed E-state index contributed by atoms with van der Waals surface area (Å²) in [6, 6.07) is 7.11. The van der Waals surface area contributed by atoms with E-state index in [0.29, 0.717) is 18.0 Å². The van der Waals surface area contributed by atoms with E-state index in [0.717, 1.165) is 12.0 Å². The molecule has 0 spiro atoms. The molecule has 1 heterocycles. The first-order valence-corrected chi connectivity index (χ1v) is 6.77. The van der Waals surface area contributed by atoms with Crippen molar-refractivity contribution in [2.24, 2.45) is 0 Å². The van der Waals surface area contributed by atoms with Crippen LogP contribution >= 0.6 is 0 Å². The van der Waals surface area contributed by atoms with E-state index in [1.807, 2.05) is 31.2 Å². The highest BCUT2D eigenvalue weighted by Crippen LogP contribution is 2.20. The largest absolute Gasteiger partial charge is 0.243 e. The van der Waals surface area contributed by atoms with Crippen molar-refractivity contribution in [1.82, 2.24) is 4.31 Å². The van der Waals surface area contributed by atoms with Gasteiger partial charge in [0, 0.05) is 13.1 Å². The first-order valence-electron chi connectivity index (χ1n) is 5.33. The first-order chi connectivity index (χ1) is 7.62. The number of benzene rings is 1. The van der Waals surface area contributed by atoms with Gasteiger partial charge >= 0.3 is 0 Å². The highest BCUT2D eigenvalue weighted by atomic mass is 32.2. The summed E-state index contributed by atoms with van der Waals surface area (Å²) >= 11 is 0. The molecule has 0 N–H and O–H groups in total. The molecule has 0 aromatic heterocycles. The molecular formula is C12H15NO2S. The van der Waals surface area contributed by atoms with Crippen molar-refractivity contribution in [2.75, 3.05) is 13.1 Å². The lowest BCUT2D eigenvalue weighted by Gasteiger charge is -2.23. The van der Waals surface area contributed by atoms with Gasteiger partial charge in [0.2, 0.25) is 10.0 Å². The van der Waals surface area contributed by atoms with E-state index in [1.165, 1.54) is 4.31 Å². The first kappa shape index (κ1) is 11.4. The highest BCUT2D eigenvalue weighted by Gasteiger charge is 2.25. The van der Waals surface area contributed by atoms with Gasteiger partial charge in [-0.2, -0.15) is 4.31 Å². The summed E-state index contributed by atoms with van der Waals surface area (Å²) in [6.07, 6.45) is 4.72. The Hall–Kier alpha value is -1.13. The molecule has 2 rings (SSSR count). The number of nitrogens with zero attached hydrogens (tertiary/aromatic N) is 1. The second kappa shape index (κ2) is 4.39. The molecule has 0 aliphatic carbocycles. The molecule has 1 aliphatic heterocycles. The van der Waals surface area contributed by atoms with E-state index in [9.17, 15) is 8.42 Å². The molecule has 1 aromatic carbocycles. The Balaban J connectivity index is 2.39. The molecule has 0 amide bonds. The molecule has 0 radical (unpaired) electrons. The van der Waals surface area contributed by atoms with E-state index in [2.05, 4.69) is 0 Å². The zero-order valence-corrected chi connectivity index (χ0v) is 10.1. The predicted molar refractivity (Wildman–Crippen MR) is 63.7 cm³/mol. The molecule has 1 aliphatic rings. The fourth-order valence-corrected chi connectivity index (χ4v) is 3.45. The van der Waals surface area contributed by atoms with Crippen LogP contribution in [-0.4, -0.2) is 25.8 Å². The minimum Gasteiger partial charge on any atom is -0.207 e. The third kappa shape index (κ3) is 2.03. The SMILES string of the molecule is Cc1ccccc1S(=O)(=O)N1CC=CCC1. The van der Waals surface area contributed by atoms with Crippen molar-refractivity contribution in [1.29, 1.82) is 0 Å². The Bertz CT molecular complexity index is 506. The summed E-state index contributed by atoms with van der Waals surface area (Å²) in [4.78, 5) is 0.422. The van der Waals surface area contributed by atoms with Crippen LogP contribution in [0.1, 0.15) is 12.0 Å². The van der Waals surface area contributed by atoms with Crippen molar-refractivity contribution in [2.45, 2.75) is 18.2 Å². The van der Waals surface area contributed by atoms with Gasteiger partial charge < -0.3 is 0 Å². The van der Waals surface area contributed by atoms with Crippen LogP contribution in [0.2, 0.25) is 0 Å². The van der Waals surface area contributed by atoms with E-state index in [-0.39, 0.29) is 0 Å². The van der Waals surface area contributed by atoms with Crippen molar-refractivity contribution >= 4 is 10.0 Å². The zero-order valence-electron chi connectivity index (χ0n) is 9.26. The van der Waals surface area contributed by atoms with E-state index < -0.39 is 10.0 Å². The highest BCUT2D eigenvalue weighted by molar-refractivity contribution is 7.89. The maximum Gasteiger partial charge on any atom is 0.243 e. The van der Waals surface area contributed by atoms with E-state index in [4.69, 9.17) is 0 Å². The average Bonchev–Trinajstić information content (AvgIpc) is 2.30. The normalized spacial score (nSPS) is 17.6. The second-order valence-electron chi connectivity index (χ2n) is 3.89. The topological polar surface area (TPSA) is 37.4 Å². The lowest BCUT2D eigenvalue weighted by Crippen LogP contribution is -2.34. The Labute approximate surface area is 96.4 Å². The van der Waals surface area contributed by atoms with Gasteiger partial charge in [0.15, 0.2) is 0 Å². The molecule has 16 heavy (non-hydrogen) atoms. The van der Waals surface area contributed by atoms with Crippen LogP contribution in [0.15, 0.2) is 41.3 Å². The van der Waals surface area contributed by atoms with E-state index >= 15 is 0 Å². The van der Waals surface area contributed by atoms with Gasteiger partial charge in [0.25, 0.3) is 0 Å². The van der Waals surface area contributed by atoms with Gasteiger partial charge in [-0.1, -0.05) is 30.4 Å². The van der Waals surface area contributed by atoms with Crippen molar-refractivity contribution in [3.63, 3.8) is 0 Å². The smallest absolute Gasteiger partial charge is 0.207 e. The van der Waals surface area contributed by atoms with Gasteiger partial charge in [-0.25, -0.2) is 8.42 Å². The Morgan fingerprint density at radius 2 is 1.94 bits per heavy atom. The number of aryl methyl sites for hydroxylation is 1. The van der Waals surface area contributed by atoms with Crippen molar-refractivity contribution < 1.29 is 8.42 Å². The molecule has 0 saturated carbocycles. The summed E-state index contributed by atoms with van der Waals surface area (Å²) < 4.78 is 26.1. The fourth-order valence-electron chi connectivity index (χ4n) is 1.82. The molecule has 1 aromatic rings. The molecule has 3 nitrogen and oxygen atoms in total. The Kier molecular flexibility index (Phi) is 3.12. The van der Waals surface area contributed by atoms with Crippen LogP contribution in [-0.2, 0) is 10.0 Å². The molecule has 0 atom stereocenters. The second-order valence-corrected chi connectivity index (χ2v) is 5.79. The van der Waals surface area contributed by atoms with Crippen LogP contribution in [0.25, 0.3) is 0 Å². The van der Waals surface area contributed by atoms with Crippen LogP contribution in [0, 0.1) is 6.92 Å². The van der Waals surface area contributed by atoms with Gasteiger partial charge in [-0.3, -0.25) is 0 Å². The maximum absolute atomic E-state index is 12.3. The van der Waals surface area contributed by atoms with Crippen LogP contribution in [0.5, 0.6) is 0 Å². The number of hydrogen-bond donors (Lipinski definition) is 0. The van der Waals surface area contributed by atoms with Gasteiger partial charge in [-0.05, 0) is 25.0 Å². The molecule has 0 unspecified atom stereocenters. The lowest BCUT2D eigenvalue weighted by molar-refractivity contribution is 0.437. The summed E-state index contributed by atoms with van der Waals surface area (Å²) in [5, 5.41) is 0. The minimum absolute atomic E-state index is 0.422. The third-order valence-corrected chi connectivity index (χ3v) is 4.76. The van der Waals surface area contributed by atoms with Gasteiger partial charge in [0.05, 0.1) is 4.90 Å². The standard InChI is InChI=1S/C12H15NO2S/c1-11-7-3-4-8-12(11)16(14,15)13-9-5-2-6-10-13/h2-5,7-8H,6,9-10H2,1H3. The van der Waals surface area contributed by atoms with Gasteiger partial charge in [0.1, 0.15) is 0 Å². The molecule has 4 heteroatoms. The van der Waals surface area contributed by atoms with Crippen molar-refractivity contribution in [3.05, 3.63) is 42.0 Å². The predicted octanol–water partition coefficient (Wildman–Crippen LogP) is 1.95. The summed E-state index contributed by atoms with van der Waals surface area (Å²) in [7, 11) is -3.31. The summed E-state index contributed by atoms with van der Waals surface area (Å²) in [5.74, 6) is 0. The van der Waals surface area contributed by atoms with Crippen LogP contribution < -0.4 is 0 Å². The molecule has 0 saturated heterocycles. The quantitative estimate of drug-likeness (QED) is 0.737. The molecule has 86 valence electrons. The minimum atomic E-state index is -3.31. The number of sulfonamides is 1. The van der Waals surface area contributed by atoms with E-state index in [1.54, 1.807) is 12.1 Å². The van der Waals surface area contributed by atoms with Crippen molar-refractivity contribution in [3.8, 4) is 0 Å². The summed E-state index contributed by atoms with van der Waals surface area (Å²) in [6.45, 7) is 2.89. The monoisotopic (exact) mass is 237 g/mol. The summed E-state index contributed by atoms with van der Waals surface area (Å²) in [5.41, 5.74) is 0.803. The average molecular weight is 237 g/mol. The number of hydrogen-bond acceptors (Lipinski definition) is 2. The maximum atomic E-state index is 12.3. The Morgan fingerprint density at radius 3 is 2.56 bits per heavy atom.